The van der Waals surface area contributed by atoms with Crippen LogP contribution in [0.3, 0.4) is 0 Å². The minimum absolute atomic E-state index is 0.0535. The molecule has 0 radical (unpaired) electrons. The van der Waals surface area contributed by atoms with Crippen molar-refractivity contribution in [2.24, 2.45) is 0 Å². The zero-order valence-electron chi connectivity index (χ0n) is 8.34. The van der Waals surface area contributed by atoms with Crippen LogP contribution in [0.25, 0.3) is 0 Å². The fourth-order valence-electron chi connectivity index (χ4n) is 0.933. The zero-order valence-corrected chi connectivity index (χ0v) is 9.91. The Morgan fingerprint density at radius 2 is 2.07 bits per heavy atom. The van der Waals surface area contributed by atoms with Gasteiger partial charge in [0.05, 0.1) is 10.6 Å². The molecule has 1 aromatic rings. The molecule has 0 fully saturated rings. The minimum Gasteiger partial charge on any atom is -0.262 e. The summed E-state index contributed by atoms with van der Waals surface area (Å²) >= 11 is 7.46. The van der Waals surface area contributed by atoms with Crippen molar-refractivity contribution in [3.8, 4) is 6.07 Å². The molecule has 1 heterocycles. The fourth-order valence-corrected chi connectivity index (χ4v) is 2.22. The molecule has 0 unspecified atom stereocenters. The van der Waals surface area contributed by atoms with Crippen LogP contribution in [0.1, 0.15) is 26.3 Å². The van der Waals surface area contributed by atoms with Crippen LogP contribution in [0, 0.1) is 11.3 Å². The maximum absolute atomic E-state index is 8.92. The second-order valence-electron chi connectivity index (χ2n) is 3.82. The molecule has 1 aromatic heterocycles. The summed E-state index contributed by atoms with van der Waals surface area (Å²) < 4.78 is 0.0535. The smallest absolute Gasteiger partial charge is 0.102 e. The molecule has 0 bridgehead atoms. The Morgan fingerprint density at radius 1 is 1.43 bits per heavy atom. The van der Waals surface area contributed by atoms with E-state index < -0.39 is 0 Å². The standard InChI is InChI=1S/C10H11ClN2S/c1-10(2,3)14-9-6-13-5-8(11)7(9)4-12/h5-6H,1-3H3. The van der Waals surface area contributed by atoms with Crippen molar-refractivity contribution in [1.82, 2.24) is 4.98 Å². The molecule has 0 atom stereocenters. The molecule has 0 spiro atoms. The van der Waals surface area contributed by atoms with Crippen LogP contribution in [-0.4, -0.2) is 9.73 Å². The second kappa shape index (κ2) is 4.20. The fraction of sp³-hybridized carbons (Fsp3) is 0.400. The van der Waals surface area contributed by atoms with Crippen molar-refractivity contribution in [1.29, 1.82) is 5.26 Å². The average Bonchev–Trinajstić information content (AvgIpc) is 2.01. The average molecular weight is 227 g/mol. The Bertz CT molecular complexity index is 377. The van der Waals surface area contributed by atoms with Crippen LogP contribution in [0.2, 0.25) is 5.02 Å². The minimum atomic E-state index is 0.0535. The van der Waals surface area contributed by atoms with Gasteiger partial charge in [-0.25, -0.2) is 0 Å². The largest absolute Gasteiger partial charge is 0.262 e. The predicted octanol–water partition coefficient (Wildman–Crippen LogP) is 3.50. The number of thioether (sulfide) groups is 1. The lowest BCUT2D eigenvalue weighted by Crippen LogP contribution is -2.07. The van der Waals surface area contributed by atoms with E-state index >= 15 is 0 Å². The number of hydrogen-bond donors (Lipinski definition) is 0. The van der Waals surface area contributed by atoms with Crippen molar-refractivity contribution in [3.05, 3.63) is 23.0 Å². The molecule has 0 saturated heterocycles. The Morgan fingerprint density at radius 3 is 2.57 bits per heavy atom. The Hall–Kier alpha value is -0.720. The number of pyridine rings is 1. The highest BCUT2D eigenvalue weighted by atomic mass is 35.5. The van der Waals surface area contributed by atoms with Crippen LogP contribution < -0.4 is 0 Å². The van der Waals surface area contributed by atoms with E-state index in [1.54, 1.807) is 18.0 Å². The van der Waals surface area contributed by atoms with Gasteiger partial charge in [0.2, 0.25) is 0 Å². The number of hydrogen-bond acceptors (Lipinski definition) is 3. The first kappa shape index (κ1) is 11.4. The van der Waals surface area contributed by atoms with Gasteiger partial charge in [-0.05, 0) is 0 Å². The maximum atomic E-state index is 8.92. The van der Waals surface area contributed by atoms with Gasteiger partial charge in [0.25, 0.3) is 0 Å². The summed E-state index contributed by atoms with van der Waals surface area (Å²) in [4.78, 5) is 4.81. The lowest BCUT2D eigenvalue weighted by Gasteiger charge is -2.17. The van der Waals surface area contributed by atoms with E-state index in [2.05, 4.69) is 31.8 Å². The first-order valence-corrected chi connectivity index (χ1v) is 5.36. The molecule has 0 aliphatic carbocycles. The molecule has 0 aliphatic heterocycles. The van der Waals surface area contributed by atoms with Gasteiger partial charge in [0.15, 0.2) is 0 Å². The Labute approximate surface area is 93.3 Å². The molecule has 4 heteroatoms. The highest BCUT2D eigenvalue weighted by Gasteiger charge is 2.16. The summed E-state index contributed by atoms with van der Waals surface area (Å²) in [6, 6.07) is 2.09. The first-order chi connectivity index (χ1) is 6.44. The topological polar surface area (TPSA) is 36.7 Å². The van der Waals surface area contributed by atoms with Crippen LogP contribution in [0.5, 0.6) is 0 Å². The van der Waals surface area contributed by atoms with Crippen LogP contribution in [0.4, 0.5) is 0 Å². The molecule has 0 aliphatic rings. The van der Waals surface area contributed by atoms with E-state index in [0.717, 1.165) is 4.90 Å². The molecule has 2 nitrogen and oxygen atoms in total. The van der Waals surface area contributed by atoms with Gasteiger partial charge in [-0.1, -0.05) is 32.4 Å². The third kappa shape index (κ3) is 2.90. The number of nitriles is 1. The van der Waals surface area contributed by atoms with Crippen molar-refractivity contribution >= 4 is 23.4 Å². The summed E-state index contributed by atoms with van der Waals surface area (Å²) in [5.41, 5.74) is 0.515. The maximum Gasteiger partial charge on any atom is 0.102 e. The SMILES string of the molecule is CC(C)(C)Sc1cncc(Cl)c1C#N. The van der Waals surface area contributed by atoms with Gasteiger partial charge >= 0.3 is 0 Å². The second-order valence-corrected chi connectivity index (χ2v) is 6.10. The van der Waals surface area contributed by atoms with Gasteiger partial charge in [0, 0.05) is 22.0 Å². The van der Waals surface area contributed by atoms with Crippen molar-refractivity contribution in [2.75, 3.05) is 0 Å². The van der Waals surface area contributed by atoms with Gasteiger partial charge < -0.3 is 0 Å². The van der Waals surface area contributed by atoms with Gasteiger partial charge in [-0.2, -0.15) is 5.26 Å². The molecule has 0 aromatic carbocycles. The Kier molecular flexibility index (Phi) is 3.41. The molecular formula is C10H11ClN2S. The van der Waals surface area contributed by atoms with Crippen molar-refractivity contribution < 1.29 is 0 Å². The lowest BCUT2D eigenvalue weighted by atomic mass is 10.3. The van der Waals surface area contributed by atoms with Gasteiger partial charge in [0.1, 0.15) is 6.07 Å². The van der Waals surface area contributed by atoms with Crippen LogP contribution >= 0.6 is 23.4 Å². The summed E-state index contributed by atoms with van der Waals surface area (Å²) in [6.07, 6.45) is 3.17. The highest BCUT2D eigenvalue weighted by Crippen LogP contribution is 2.35. The van der Waals surface area contributed by atoms with E-state index in [0.29, 0.717) is 10.6 Å². The van der Waals surface area contributed by atoms with E-state index in [1.165, 1.54) is 6.20 Å². The number of halogens is 1. The van der Waals surface area contributed by atoms with E-state index in [-0.39, 0.29) is 4.75 Å². The van der Waals surface area contributed by atoms with Crippen molar-refractivity contribution in [2.45, 2.75) is 30.4 Å². The molecule has 74 valence electrons. The van der Waals surface area contributed by atoms with Crippen molar-refractivity contribution in [3.63, 3.8) is 0 Å². The zero-order chi connectivity index (χ0) is 10.8. The van der Waals surface area contributed by atoms with E-state index in [9.17, 15) is 0 Å². The molecule has 0 N–H and O–H groups in total. The quantitative estimate of drug-likeness (QED) is 0.688. The highest BCUT2D eigenvalue weighted by molar-refractivity contribution is 8.00. The summed E-state index contributed by atoms with van der Waals surface area (Å²) in [7, 11) is 0. The molecule has 14 heavy (non-hydrogen) atoms. The monoisotopic (exact) mass is 226 g/mol. The summed E-state index contributed by atoms with van der Waals surface area (Å²) in [5.74, 6) is 0. The normalized spacial score (nSPS) is 11.1. The van der Waals surface area contributed by atoms with Gasteiger partial charge in [-0.15, -0.1) is 11.8 Å². The number of rotatable bonds is 1. The predicted molar refractivity (Wildman–Crippen MR) is 59.6 cm³/mol. The first-order valence-electron chi connectivity index (χ1n) is 4.16. The molecule has 0 saturated carbocycles. The number of aromatic nitrogens is 1. The molecule has 0 amide bonds. The molecule has 1 rings (SSSR count). The van der Waals surface area contributed by atoms with E-state index in [1.807, 2.05) is 0 Å². The van der Waals surface area contributed by atoms with E-state index in [4.69, 9.17) is 16.9 Å². The van der Waals surface area contributed by atoms with Crippen LogP contribution in [-0.2, 0) is 0 Å². The third-order valence-electron chi connectivity index (χ3n) is 1.39. The summed E-state index contributed by atoms with van der Waals surface area (Å²) in [6.45, 7) is 6.25. The van der Waals surface area contributed by atoms with Crippen LogP contribution in [0.15, 0.2) is 17.3 Å². The van der Waals surface area contributed by atoms with Gasteiger partial charge in [-0.3, -0.25) is 4.98 Å². The molecular weight excluding hydrogens is 216 g/mol. The summed E-state index contributed by atoms with van der Waals surface area (Å²) in [5, 5.41) is 9.34. The number of nitrogens with zero attached hydrogens (tertiary/aromatic N) is 2. The Balaban J connectivity index is 3.10. The lowest BCUT2D eigenvalue weighted by molar-refractivity contribution is 0.802. The third-order valence-corrected chi connectivity index (χ3v) is 2.82.